The summed E-state index contributed by atoms with van der Waals surface area (Å²) in [6, 6.07) is 0. The van der Waals surface area contributed by atoms with Gasteiger partial charge in [-0.1, -0.05) is 21.9 Å². The zero-order valence-electron chi connectivity index (χ0n) is 12.2. The van der Waals surface area contributed by atoms with Crippen LogP contribution in [0.25, 0.3) is 6.08 Å². The Morgan fingerprint density at radius 2 is 2.45 bits per heavy atom. The molecule has 0 aliphatic carbocycles. The lowest BCUT2D eigenvalue weighted by Crippen LogP contribution is -2.45. The Morgan fingerprint density at radius 3 is 3.05 bits per heavy atom. The number of aliphatic hydroxyl groups excluding tert-OH is 3. The number of hydrogen-bond donors (Lipinski definition) is 4. The number of hydrogen-bond acceptors (Lipinski definition) is 7. The van der Waals surface area contributed by atoms with Gasteiger partial charge in [-0.05, 0) is 11.1 Å². The number of aromatic nitrogens is 2. The van der Waals surface area contributed by atoms with Crippen molar-refractivity contribution in [1.29, 1.82) is 0 Å². The van der Waals surface area contributed by atoms with E-state index in [0.717, 1.165) is 4.57 Å². The SMILES string of the molecule is [2H]C#C[C@]1(CO)OC(n2cc(C=CBr)c(N)nc2=O)[C@@H](O)[C@@H]1O. The molecule has 1 fully saturated rings. The van der Waals surface area contributed by atoms with Crippen molar-refractivity contribution in [3.63, 3.8) is 0 Å². The Kier molecular flexibility index (Phi) is 4.28. The maximum atomic E-state index is 12.0. The van der Waals surface area contributed by atoms with E-state index in [1.807, 2.05) is 0 Å². The molecule has 1 aliphatic heterocycles. The van der Waals surface area contributed by atoms with Crippen LogP contribution in [0.3, 0.4) is 0 Å². The first-order valence-electron chi connectivity index (χ1n) is 6.64. The summed E-state index contributed by atoms with van der Waals surface area (Å²) < 4.78 is 13.3. The molecule has 0 saturated carbocycles. The van der Waals surface area contributed by atoms with E-state index in [0.29, 0.717) is 5.56 Å². The number of ether oxygens (including phenoxy) is 1. The maximum Gasteiger partial charge on any atom is 0.351 e. The number of anilines is 1. The van der Waals surface area contributed by atoms with Crippen LogP contribution in [-0.2, 0) is 4.74 Å². The molecule has 0 spiro atoms. The van der Waals surface area contributed by atoms with E-state index >= 15 is 0 Å². The molecule has 1 aromatic rings. The van der Waals surface area contributed by atoms with Crippen molar-refractivity contribution in [1.82, 2.24) is 9.55 Å². The van der Waals surface area contributed by atoms with Crippen molar-refractivity contribution in [2.75, 3.05) is 12.3 Å². The molecule has 8 nitrogen and oxygen atoms in total. The molecule has 22 heavy (non-hydrogen) atoms. The lowest BCUT2D eigenvalue weighted by atomic mass is 9.97. The summed E-state index contributed by atoms with van der Waals surface area (Å²) in [4.78, 5) is 17.1. The minimum atomic E-state index is -1.86. The quantitative estimate of drug-likeness (QED) is 0.490. The Bertz CT molecular complexity index is 743. The number of aliphatic hydroxyl groups is 3. The average Bonchev–Trinajstić information content (AvgIpc) is 2.76. The first-order chi connectivity index (χ1) is 10.9. The third-order valence-electron chi connectivity index (χ3n) is 3.40. The molecule has 1 saturated heterocycles. The Balaban J connectivity index is 2.52. The highest BCUT2D eigenvalue weighted by atomic mass is 79.9. The van der Waals surface area contributed by atoms with Crippen LogP contribution in [0.5, 0.6) is 0 Å². The molecule has 2 heterocycles. The molecule has 0 amide bonds. The van der Waals surface area contributed by atoms with Crippen LogP contribution < -0.4 is 11.4 Å². The molecule has 1 aromatic heterocycles. The summed E-state index contributed by atoms with van der Waals surface area (Å²) in [7, 11) is 0. The lowest BCUT2D eigenvalue weighted by molar-refractivity contribution is -0.0936. The van der Waals surface area contributed by atoms with Crippen LogP contribution in [0.4, 0.5) is 5.82 Å². The number of terminal acetylenes is 1. The fourth-order valence-electron chi connectivity index (χ4n) is 2.16. The highest BCUT2D eigenvalue weighted by Crippen LogP contribution is 2.36. The van der Waals surface area contributed by atoms with E-state index in [9.17, 15) is 20.1 Å². The third kappa shape index (κ3) is 2.55. The van der Waals surface area contributed by atoms with Gasteiger partial charge in [0.1, 0.15) is 19.4 Å². The first kappa shape index (κ1) is 15.2. The summed E-state index contributed by atoms with van der Waals surface area (Å²) >= 11 is 3.07. The second-order valence-electron chi connectivity index (χ2n) is 4.68. The second-order valence-corrected chi connectivity index (χ2v) is 5.21. The monoisotopic (exact) mass is 372 g/mol. The minimum Gasteiger partial charge on any atom is -0.392 e. The zero-order chi connectivity index (χ0) is 17.2. The smallest absolute Gasteiger partial charge is 0.351 e. The molecule has 4 atom stereocenters. The highest BCUT2D eigenvalue weighted by molar-refractivity contribution is 9.11. The standard InChI is InChI=1S/C13H14BrN3O5/c1-2-13(6-18)9(20)8(19)11(22-13)17-5-7(3-4-14)10(15)16-12(17)21/h1,3-5,8-9,11,18-20H,6H2,(H2,15,16,21)/t8-,9-,11?,13+/m0/s1/i1D. The lowest BCUT2D eigenvalue weighted by Gasteiger charge is -2.23. The Labute approximate surface area is 135 Å². The highest BCUT2D eigenvalue weighted by Gasteiger charge is 2.54. The second kappa shape index (κ2) is 6.20. The van der Waals surface area contributed by atoms with Gasteiger partial charge in [0.2, 0.25) is 0 Å². The van der Waals surface area contributed by atoms with E-state index < -0.39 is 36.3 Å². The molecule has 1 aliphatic rings. The van der Waals surface area contributed by atoms with Gasteiger partial charge in [0.15, 0.2) is 11.8 Å². The number of halogens is 1. The number of nitrogen functional groups attached to an aromatic ring is 1. The number of rotatable bonds is 3. The molecule has 118 valence electrons. The van der Waals surface area contributed by atoms with Gasteiger partial charge in [0.25, 0.3) is 0 Å². The van der Waals surface area contributed by atoms with Crippen molar-refractivity contribution < 1.29 is 21.4 Å². The van der Waals surface area contributed by atoms with Gasteiger partial charge in [-0.25, -0.2) is 4.79 Å². The van der Waals surface area contributed by atoms with Gasteiger partial charge in [-0.15, -0.1) is 6.40 Å². The number of nitrogens with zero attached hydrogens (tertiary/aromatic N) is 2. The fraction of sp³-hybridized carbons (Fsp3) is 0.385. The van der Waals surface area contributed by atoms with Crippen molar-refractivity contribution in [2.24, 2.45) is 0 Å². The maximum absolute atomic E-state index is 12.0. The van der Waals surface area contributed by atoms with E-state index in [-0.39, 0.29) is 5.82 Å². The molecule has 2 rings (SSSR count). The first-order valence-corrected chi connectivity index (χ1v) is 7.06. The molecule has 0 aromatic carbocycles. The van der Waals surface area contributed by atoms with Gasteiger partial charge in [0.05, 0.1) is 6.61 Å². The van der Waals surface area contributed by atoms with Gasteiger partial charge >= 0.3 is 5.69 Å². The third-order valence-corrected chi connectivity index (χ3v) is 3.66. The fourth-order valence-corrected chi connectivity index (χ4v) is 2.44. The van der Waals surface area contributed by atoms with E-state index in [4.69, 9.17) is 11.8 Å². The average molecular weight is 373 g/mol. The van der Waals surface area contributed by atoms with Crippen LogP contribution in [0.15, 0.2) is 16.0 Å². The van der Waals surface area contributed by atoms with Gasteiger partial charge in [-0.2, -0.15) is 4.98 Å². The molecule has 0 bridgehead atoms. The van der Waals surface area contributed by atoms with Crippen molar-refractivity contribution in [2.45, 2.75) is 24.0 Å². The summed E-state index contributed by atoms with van der Waals surface area (Å²) in [6.07, 6.45) is 0.0812. The molecule has 5 N–H and O–H groups in total. The molecular formula is C13H14BrN3O5. The number of nitrogens with two attached hydrogens (primary N) is 1. The molecular weight excluding hydrogens is 358 g/mol. The largest absolute Gasteiger partial charge is 0.392 e. The van der Waals surface area contributed by atoms with Crippen LogP contribution >= 0.6 is 15.9 Å². The predicted molar refractivity (Wildman–Crippen MR) is 81.7 cm³/mol. The minimum absolute atomic E-state index is 0.0191. The van der Waals surface area contributed by atoms with Crippen molar-refractivity contribution in [3.8, 4) is 12.3 Å². The summed E-state index contributed by atoms with van der Waals surface area (Å²) in [5.41, 5.74) is 3.33. The molecule has 1 unspecified atom stereocenters. The summed E-state index contributed by atoms with van der Waals surface area (Å²) in [5.74, 6) is 2.19. The zero-order valence-corrected chi connectivity index (χ0v) is 12.8. The molecule has 9 heteroatoms. The normalized spacial score (nSPS) is 31.8. The van der Waals surface area contributed by atoms with E-state index in [1.54, 1.807) is 6.40 Å². The van der Waals surface area contributed by atoms with E-state index in [2.05, 4.69) is 26.8 Å². The van der Waals surface area contributed by atoms with Crippen molar-refractivity contribution >= 4 is 27.8 Å². The molecule has 0 radical (unpaired) electrons. The predicted octanol–water partition coefficient (Wildman–Crippen LogP) is -1.19. The summed E-state index contributed by atoms with van der Waals surface area (Å²) in [6.45, 7) is -0.765. The van der Waals surface area contributed by atoms with Crippen molar-refractivity contribution in [3.05, 3.63) is 27.2 Å². The topological polar surface area (TPSA) is 131 Å². The van der Waals surface area contributed by atoms with Gasteiger partial charge in [-0.3, -0.25) is 4.57 Å². The van der Waals surface area contributed by atoms with E-state index in [1.165, 1.54) is 17.3 Å². The Hall–Kier alpha value is -1.70. The van der Waals surface area contributed by atoms with Gasteiger partial charge in [0, 0.05) is 11.8 Å². The van der Waals surface area contributed by atoms with Crippen LogP contribution in [0, 0.1) is 12.3 Å². The van der Waals surface area contributed by atoms with Crippen LogP contribution in [0.2, 0.25) is 0 Å². The van der Waals surface area contributed by atoms with Crippen LogP contribution in [0.1, 0.15) is 13.2 Å². The summed E-state index contributed by atoms with van der Waals surface area (Å²) in [5, 5.41) is 29.7. The van der Waals surface area contributed by atoms with Crippen LogP contribution in [-0.4, -0.2) is 49.3 Å². The van der Waals surface area contributed by atoms with Gasteiger partial charge < -0.3 is 25.8 Å². The Morgan fingerprint density at radius 1 is 1.73 bits per heavy atom.